The van der Waals surface area contributed by atoms with E-state index in [2.05, 4.69) is 10.3 Å². The molecule has 0 aromatic carbocycles. The van der Waals surface area contributed by atoms with Gasteiger partial charge in [0.15, 0.2) is 0 Å². The molecule has 4 nitrogen and oxygen atoms in total. The maximum Gasteiger partial charge on any atom is 0.228 e. The molecular weight excluding hydrogens is 178 g/mol. The molecular formula is C10H15N3O. The minimum Gasteiger partial charge on any atom is -0.364 e. The molecule has 1 saturated heterocycles. The summed E-state index contributed by atoms with van der Waals surface area (Å²) in [6.45, 7) is 2.32. The van der Waals surface area contributed by atoms with Crippen molar-refractivity contribution in [2.75, 3.05) is 20.1 Å². The first-order chi connectivity index (χ1) is 6.77. The van der Waals surface area contributed by atoms with Gasteiger partial charge < -0.3 is 15.2 Å². The van der Waals surface area contributed by atoms with Crippen LogP contribution in [0.4, 0.5) is 0 Å². The molecule has 1 aliphatic rings. The summed E-state index contributed by atoms with van der Waals surface area (Å²) < 4.78 is 0. The Hall–Kier alpha value is -1.29. The van der Waals surface area contributed by atoms with Gasteiger partial charge in [-0.15, -0.1) is 0 Å². The van der Waals surface area contributed by atoms with Gasteiger partial charge >= 0.3 is 0 Å². The highest BCUT2D eigenvalue weighted by atomic mass is 16.2. The van der Waals surface area contributed by atoms with Gasteiger partial charge in [-0.05, 0) is 12.1 Å². The van der Waals surface area contributed by atoms with Crippen LogP contribution in [0.15, 0.2) is 18.3 Å². The van der Waals surface area contributed by atoms with Gasteiger partial charge in [0.25, 0.3) is 0 Å². The summed E-state index contributed by atoms with van der Waals surface area (Å²) in [5, 5.41) is 3.10. The van der Waals surface area contributed by atoms with Gasteiger partial charge in [0.05, 0.1) is 12.5 Å². The average molecular weight is 193 g/mol. The summed E-state index contributed by atoms with van der Waals surface area (Å²) in [6.07, 6.45) is 1.87. The second-order valence-corrected chi connectivity index (χ2v) is 3.74. The number of H-pyrrole nitrogens is 1. The fourth-order valence-corrected chi connectivity index (χ4v) is 1.57. The lowest BCUT2D eigenvalue weighted by Gasteiger charge is -2.30. The molecule has 14 heavy (non-hydrogen) atoms. The van der Waals surface area contributed by atoms with Crippen LogP contribution >= 0.6 is 0 Å². The molecule has 76 valence electrons. The highest BCUT2D eigenvalue weighted by molar-refractivity contribution is 5.79. The first kappa shape index (κ1) is 9.27. The number of nitrogens with zero attached hydrogens (tertiary/aromatic N) is 1. The van der Waals surface area contributed by atoms with Crippen molar-refractivity contribution in [3.05, 3.63) is 24.0 Å². The van der Waals surface area contributed by atoms with E-state index in [9.17, 15) is 4.79 Å². The minimum absolute atomic E-state index is 0.190. The predicted molar refractivity (Wildman–Crippen MR) is 53.6 cm³/mol. The molecule has 2 rings (SSSR count). The van der Waals surface area contributed by atoms with E-state index >= 15 is 0 Å². The zero-order valence-electron chi connectivity index (χ0n) is 8.29. The van der Waals surface area contributed by atoms with Crippen LogP contribution < -0.4 is 5.32 Å². The van der Waals surface area contributed by atoms with Crippen molar-refractivity contribution < 1.29 is 4.79 Å². The van der Waals surface area contributed by atoms with E-state index in [1.54, 1.807) is 4.90 Å². The van der Waals surface area contributed by atoms with Crippen LogP contribution in [0.1, 0.15) is 5.69 Å². The molecule has 0 atom stereocenters. The Morgan fingerprint density at radius 1 is 1.64 bits per heavy atom. The second kappa shape index (κ2) is 3.84. The number of rotatable bonds is 3. The molecule has 0 spiro atoms. The first-order valence-electron chi connectivity index (χ1n) is 4.85. The average Bonchev–Trinajstić information content (AvgIpc) is 2.53. The fourth-order valence-electron chi connectivity index (χ4n) is 1.57. The van der Waals surface area contributed by atoms with Gasteiger partial charge in [0.1, 0.15) is 0 Å². The van der Waals surface area contributed by atoms with Crippen LogP contribution in [0, 0.1) is 5.92 Å². The van der Waals surface area contributed by atoms with E-state index in [-0.39, 0.29) is 11.8 Å². The highest BCUT2D eigenvalue weighted by Crippen LogP contribution is 2.09. The molecule has 0 unspecified atom stereocenters. The van der Waals surface area contributed by atoms with Crippen LogP contribution in [0.2, 0.25) is 0 Å². The van der Waals surface area contributed by atoms with Gasteiger partial charge in [-0.25, -0.2) is 0 Å². The normalized spacial score (nSPS) is 16.4. The number of aromatic nitrogens is 1. The molecule has 2 N–H and O–H groups in total. The molecule has 0 bridgehead atoms. The largest absolute Gasteiger partial charge is 0.364 e. The molecule has 1 aromatic heterocycles. The molecule has 1 aromatic rings. The molecule has 0 radical (unpaired) electrons. The number of amides is 1. The Morgan fingerprint density at radius 2 is 2.43 bits per heavy atom. The summed E-state index contributed by atoms with van der Waals surface area (Å²) in [6, 6.07) is 3.93. The number of carbonyl (C=O) groups is 1. The summed E-state index contributed by atoms with van der Waals surface area (Å²) in [7, 11) is 1.85. The summed E-state index contributed by atoms with van der Waals surface area (Å²) in [5.74, 6) is 0.424. The van der Waals surface area contributed by atoms with Crippen LogP contribution in [0.3, 0.4) is 0 Å². The summed E-state index contributed by atoms with van der Waals surface area (Å²) >= 11 is 0. The Bertz CT molecular complexity index is 303. The Morgan fingerprint density at radius 3 is 2.93 bits per heavy atom. The number of nitrogens with one attached hydrogen (secondary N) is 2. The number of aromatic amines is 1. The number of hydrogen-bond acceptors (Lipinski definition) is 2. The van der Waals surface area contributed by atoms with E-state index < -0.39 is 0 Å². The lowest BCUT2D eigenvalue weighted by molar-refractivity contribution is -0.136. The summed E-state index contributed by atoms with van der Waals surface area (Å²) in [5.41, 5.74) is 1.08. The lowest BCUT2D eigenvalue weighted by atomic mass is 10.0. The monoisotopic (exact) mass is 193 g/mol. The van der Waals surface area contributed by atoms with Crippen molar-refractivity contribution >= 4 is 5.91 Å². The van der Waals surface area contributed by atoms with Gasteiger partial charge in [-0.1, -0.05) is 0 Å². The first-order valence-corrected chi connectivity index (χ1v) is 4.85. The van der Waals surface area contributed by atoms with Crippen LogP contribution in [0.5, 0.6) is 0 Å². The standard InChI is InChI=1S/C10H15N3O/c1-13(7-9-3-2-4-12-9)10(14)8-5-11-6-8/h2-4,8,11-12H,5-7H2,1H3. The zero-order chi connectivity index (χ0) is 9.97. The van der Waals surface area contributed by atoms with Gasteiger partial charge in [-0.2, -0.15) is 0 Å². The van der Waals surface area contributed by atoms with E-state index in [0.717, 1.165) is 18.8 Å². The molecule has 1 amide bonds. The van der Waals surface area contributed by atoms with Crippen LogP contribution in [-0.2, 0) is 11.3 Å². The third kappa shape index (κ3) is 1.80. The molecule has 1 aliphatic heterocycles. The maximum atomic E-state index is 11.7. The van der Waals surface area contributed by atoms with Crippen molar-refractivity contribution in [3.8, 4) is 0 Å². The number of carbonyl (C=O) groups excluding carboxylic acids is 1. The quantitative estimate of drug-likeness (QED) is 0.720. The molecule has 2 heterocycles. The highest BCUT2D eigenvalue weighted by Gasteiger charge is 2.27. The van der Waals surface area contributed by atoms with E-state index in [0.29, 0.717) is 6.54 Å². The maximum absolute atomic E-state index is 11.7. The molecule has 0 saturated carbocycles. The minimum atomic E-state index is 0.190. The predicted octanol–water partition coefficient (Wildman–Crippen LogP) is 0.192. The van der Waals surface area contributed by atoms with Crippen molar-refractivity contribution in [2.24, 2.45) is 5.92 Å². The molecule has 1 fully saturated rings. The van der Waals surface area contributed by atoms with Crippen LogP contribution in [-0.4, -0.2) is 35.9 Å². The Labute approximate surface area is 83.3 Å². The van der Waals surface area contributed by atoms with Crippen molar-refractivity contribution in [3.63, 3.8) is 0 Å². The number of hydrogen-bond donors (Lipinski definition) is 2. The van der Waals surface area contributed by atoms with Gasteiger partial charge in [0, 0.05) is 32.0 Å². The fraction of sp³-hybridized carbons (Fsp3) is 0.500. The van der Waals surface area contributed by atoms with Crippen molar-refractivity contribution in [1.29, 1.82) is 0 Å². The Kier molecular flexibility index (Phi) is 2.54. The topological polar surface area (TPSA) is 48.1 Å². The van der Waals surface area contributed by atoms with Crippen LogP contribution in [0.25, 0.3) is 0 Å². The van der Waals surface area contributed by atoms with Crippen molar-refractivity contribution in [1.82, 2.24) is 15.2 Å². The van der Waals surface area contributed by atoms with E-state index in [1.165, 1.54) is 0 Å². The van der Waals surface area contributed by atoms with E-state index in [1.807, 2.05) is 25.4 Å². The lowest BCUT2D eigenvalue weighted by Crippen LogP contribution is -2.51. The van der Waals surface area contributed by atoms with Gasteiger partial charge in [0.2, 0.25) is 5.91 Å². The van der Waals surface area contributed by atoms with E-state index in [4.69, 9.17) is 0 Å². The second-order valence-electron chi connectivity index (χ2n) is 3.74. The zero-order valence-corrected chi connectivity index (χ0v) is 8.29. The molecule has 4 heteroatoms. The SMILES string of the molecule is CN(Cc1ccc[nH]1)C(=O)C1CNC1. The Balaban J connectivity index is 1.88. The third-order valence-corrected chi connectivity index (χ3v) is 2.58. The summed E-state index contributed by atoms with van der Waals surface area (Å²) in [4.78, 5) is 16.6. The smallest absolute Gasteiger partial charge is 0.228 e. The molecule has 0 aliphatic carbocycles. The van der Waals surface area contributed by atoms with Gasteiger partial charge in [-0.3, -0.25) is 4.79 Å². The third-order valence-electron chi connectivity index (χ3n) is 2.58. The van der Waals surface area contributed by atoms with Crippen molar-refractivity contribution in [2.45, 2.75) is 6.54 Å².